The molecule has 7 nitrogen and oxygen atoms in total. The van der Waals surface area contributed by atoms with Crippen molar-refractivity contribution in [1.82, 2.24) is 5.32 Å². The minimum Gasteiger partial charge on any atom is -0.469 e. The Labute approximate surface area is 158 Å². The van der Waals surface area contributed by atoms with Gasteiger partial charge in [-0.3, -0.25) is 9.59 Å². The van der Waals surface area contributed by atoms with Crippen molar-refractivity contribution in [2.45, 2.75) is 32.2 Å². The number of hydrogen-bond acceptors (Lipinski definition) is 6. The van der Waals surface area contributed by atoms with Crippen molar-refractivity contribution in [3.05, 3.63) is 48.0 Å². The van der Waals surface area contributed by atoms with E-state index in [1.165, 1.54) is 21.1 Å². The number of rotatable bonds is 10. The quantitative estimate of drug-likeness (QED) is 0.496. The van der Waals surface area contributed by atoms with E-state index >= 15 is 0 Å². The molecule has 0 fully saturated rings. The van der Waals surface area contributed by atoms with Gasteiger partial charge in [0.1, 0.15) is 11.8 Å². The topological polar surface area (TPSA) is 98.8 Å². The van der Waals surface area contributed by atoms with Crippen LogP contribution in [0.3, 0.4) is 0 Å². The Hall–Kier alpha value is -2.96. The Kier molecular flexibility index (Phi) is 9.50. The number of allylic oxidation sites excluding steroid dienone is 1. The van der Waals surface area contributed by atoms with Crippen molar-refractivity contribution in [3.8, 4) is 0 Å². The number of methoxy groups -OCH3 is 2. The molecule has 0 aliphatic carbocycles. The van der Waals surface area contributed by atoms with Gasteiger partial charge in [0.25, 0.3) is 5.91 Å². The van der Waals surface area contributed by atoms with Crippen molar-refractivity contribution in [2.24, 2.45) is 5.92 Å². The minimum atomic E-state index is -0.858. The number of nitrogens with one attached hydrogen (secondary N) is 1. The van der Waals surface area contributed by atoms with Crippen LogP contribution in [0.1, 0.15) is 36.5 Å². The van der Waals surface area contributed by atoms with Gasteiger partial charge in [-0.25, -0.2) is 4.79 Å². The standard InChI is InChI=1S/C20H25NO6/c1-14(22)13-16(19(24)26-2)11-7-8-12-17(20(25)27-3)21-18(23)15-9-5-4-6-10-15/h4-10,16-17H,11-13H2,1-3H3,(H,21,23)/b8-7+. The molecule has 7 heteroatoms. The van der Waals surface area contributed by atoms with Crippen LogP contribution in [-0.2, 0) is 23.9 Å². The van der Waals surface area contributed by atoms with Crippen molar-refractivity contribution in [3.63, 3.8) is 0 Å². The van der Waals surface area contributed by atoms with Gasteiger partial charge in [-0.05, 0) is 31.9 Å². The van der Waals surface area contributed by atoms with Crippen LogP contribution in [0.2, 0.25) is 0 Å². The Morgan fingerprint density at radius 1 is 0.963 bits per heavy atom. The number of ketones is 1. The lowest BCUT2D eigenvalue weighted by Crippen LogP contribution is -2.41. The summed E-state index contributed by atoms with van der Waals surface area (Å²) < 4.78 is 9.42. The first kappa shape index (κ1) is 22.1. The maximum absolute atomic E-state index is 12.2. The third kappa shape index (κ3) is 7.85. The molecule has 1 rings (SSSR count). The largest absolute Gasteiger partial charge is 0.469 e. The lowest BCUT2D eigenvalue weighted by molar-refractivity contribution is -0.147. The fourth-order valence-corrected chi connectivity index (χ4v) is 2.46. The lowest BCUT2D eigenvalue weighted by Gasteiger charge is -2.15. The summed E-state index contributed by atoms with van der Waals surface area (Å²) in [5, 5.41) is 2.63. The van der Waals surface area contributed by atoms with E-state index in [-0.39, 0.29) is 24.5 Å². The third-order valence-corrected chi connectivity index (χ3v) is 3.85. The summed E-state index contributed by atoms with van der Waals surface area (Å²) in [5.41, 5.74) is 0.433. The van der Waals surface area contributed by atoms with Gasteiger partial charge < -0.3 is 19.6 Å². The van der Waals surface area contributed by atoms with E-state index in [0.29, 0.717) is 12.0 Å². The normalized spacial score (nSPS) is 12.9. The Balaban J connectivity index is 2.69. The van der Waals surface area contributed by atoms with Gasteiger partial charge in [0, 0.05) is 12.0 Å². The van der Waals surface area contributed by atoms with E-state index in [2.05, 4.69) is 5.32 Å². The van der Waals surface area contributed by atoms with Gasteiger partial charge in [-0.2, -0.15) is 0 Å². The summed E-state index contributed by atoms with van der Waals surface area (Å²) in [6, 6.07) is 7.66. The van der Waals surface area contributed by atoms with E-state index in [9.17, 15) is 19.2 Å². The summed E-state index contributed by atoms with van der Waals surface area (Å²) in [6.45, 7) is 1.41. The molecule has 146 valence electrons. The van der Waals surface area contributed by atoms with Crippen LogP contribution in [0, 0.1) is 5.92 Å². The molecule has 0 spiro atoms. The highest BCUT2D eigenvalue weighted by atomic mass is 16.5. The highest BCUT2D eigenvalue weighted by Crippen LogP contribution is 2.13. The molecule has 1 N–H and O–H groups in total. The number of carbonyl (C=O) groups excluding carboxylic acids is 4. The molecule has 0 aliphatic rings. The predicted molar refractivity (Wildman–Crippen MR) is 98.9 cm³/mol. The van der Waals surface area contributed by atoms with Gasteiger partial charge in [-0.15, -0.1) is 0 Å². The highest BCUT2D eigenvalue weighted by Gasteiger charge is 2.22. The Bertz CT molecular complexity index is 683. The number of carbonyl (C=O) groups is 4. The summed E-state index contributed by atoms with van der Waals surface area (Å²) in [6.07, 6.45) is 3.94. The molecule has 0 aliphatic heterocycles. The van der Waals surface area contributed by atoms with E-state index < -0.39 is 23.9 Å². The number of benzene rings is 1. The molecule has 1 aromatic carbocycles. The number of Topliss-reactive ketones (excluding diaryl/α,β-unsaturated/α-hetero) is 1. The van der Waals surface area contributed by atoms with E-state index in [1.807, 2.05) is 0 Å². The molecule has 2 atom stereocenters. The number of esters is 2. The van der Waals surface area contributed by atoms with Gasteiger partial charge in [0.2, 0.25) is 0 Å². The summed E-state index contributed by atoms with van der Waals surface area (Å²) in [4.78, 5) is 47.1. The van der Waals surface area contributed by atoms with Crippen LogP contribution in [0.15, 0.2) is 42.5 Å². The van der Waals surface area contributed by atoms with Crippen molar-refractivity contribution >= 4 is 23.6 Å². The third-order valence-electron chi connectivity index (χ3n) is 3.85. The SMILES string of the molecule is COC(=O)C(C/C=C/CC(NC(=O)c1ccccc1)C(=O)OC)CC(C)=O. The van der Waals surface area contributed by atoms with E-state index in [1.54, 1.807) is 42.5 Å². The van der Waals surface area contributed by atoms with E-state index in [0.717, 1.165) is 0 Å². The Morgan fingerprint density at radius 2 is 1.56 bits per heavy atom. The second-order valence-corrected chi connectivity index (χ2v) is 5.98. The van der Waals surface area contributed by atoms with Crippen LogP contribution in [-0.4, -0.2) is 43.9 Å². The molecule has 0 radical (unpaired) electrons. The zero-order valence-electron chi connectivity index (χ0n) is 15.8. The van der Waals surface area contributed by atoms with Crippen molar-refractivity contribution in [1.29, 1.82) is 0 Å². The molecular weight excluding hydrogens is 350 g/mol. The second kappa shape index (κ2) is 11.6. The molecule has 27 heavy (non-hydrogen) atoms. The first-order valence-electron chi connectivity index (χ1n) is 8.55. The molecule has 0 saturated carbocycles. The van der Waals surface area contributed by atoms with Gasteiger partial charge in [-0.1, -0.05) is 30.4 Å². The maximum Gasteiger partial charge on any atom is 0.328 e. The monoisotopic (exact) mass is 375 g/mol. The molecule has 0 aromatic heterocycles. The lowest BCUT2D eigenvalue weighted by atomic mass is 9.98. The summed E-state index contributed by atoms with van der Waals surface area (Å²) in [5.74, 6) is -2.10. The van der Waals surface area contributed by atoms with E-state index in [4.69, 9.17) is 9.47 Å². The smallest absolute Gasteiger partial charge is 0.328 e. The maximum atomic E-state index is 12.2. The summed E-state index contributed by atoms with van der Waals surface area (Å²) in [7, 11) is 2.51. The molecule has 0 heterocycles. The number of hydrogen-bond donors (Lipinski definition) is 1. The first-order chi connectivity index (χ1) is 12.9. The van der Waals surface area contributed by atoms with Crippen LogP contribution < -0.4 is 5.32 Å². The molecule has 1 amide bonds. The van der Waals surface area contributed by atoms with Crippen LogP contribution in [0.5, 0.6) is 0 Å². The second-order valence-electron chi connectivity index (χ2n) is 5.98. The highest BCUT2D eigenvalue weighted by molar-refractivity contribution is 5.96. The zero-order chi connectivity index (χ0) is 20.2. The van der Waals surface area contributed by atoms with Crippen LogP contribution >= 0.6 is 0 Å². The minimum absolute atomic E-state index is 0.0855. The summed E-state index contributed by atoms with van der Waals surface area (Å²) >= 11 is 0. The predicted octanol–water partition coefficient (Wildman–Crippen LogP) is 2.06. The molecule has 2 unspecified atom stereocenters. The van der Waals surface area contributed by atoms with Crippen LogP contribution in [0.4, 0.5) is 0 Å². The molecule has 0 saturated heterocycles. The van der Waals surface area contributed by atoms with Gasteiger partial charge in [0.15, 0.2) is 0 Å². The van der Waals surface area contributed by atoms with Crippen LogP contribution in [0.25, 0.3) is 0 Å². The molecule has 1 aromatic rings. The first-order valence-corrected chi connectivity index (χ1v) is 8.55. The van der Waals surface area contributed by atoms with Crippen molar-refractivity contribution in [2.75, 3.05) is 14.2 Å². The fourth-order valence-electron chi connectivity index (χ4n) is 2.46. The number of amides is 1. The van der Waals surface area contributed by atoms with Gasteiger partial charge in [0.05, 0.1) is 20.1 Å². The zero-order valence-corrected chi connectivity index (χ0v) is 15.8. The molecule has 0 bridgehead atoms. The average molecular weight is 375 g/mol. The number of ether oxygens (including phenoxy) is 2. The van der Waals surface area contributed by atoms with Crippen molar-refractivity contribution < 1.29 is 28.7 Å². The molecular formula is C20H25NO6. The van der Waals surface area contributed by atoms with Gasteiger partial charge >= 0.3 is 11.9 Å². The average Bonchev–Trinajstić information content (AvgIpc) is 2.68. The Morgan fingerprint density at radius 3 is 2.11 bits per heavy atom. The fraction of sp³-hybridized carbons (Fsp3) is 0.400.